The van der Waals surface area contributed by atoms with Gasteiger partial charge in [0.25, 0.3) is 0 Å². The zero-order valence-electron chi connectivity index (χ0n) is 6.70. The molecule has 0 bridgehead atoms. The normalized spacial score (nSPS) is 7.36. The molecular formula is C9H12OY-2. The first-order chi connectivity index (χ1) is 4.43. The van der Waals surface area contributed by atoms with Crippen molar-refractivity contribution in [1.29, 1.82) is 0 Å². The second-order valence-electron chi connectivity index (χ2n) is 1.80. The van der Waals surface area contributed by atoms with Crippen LogP contribution >= 0.6 is 0 Å². The molecule has 59 valence electrons. The van der Waals surface area contributed by atoms with E-state index in [-0.39, 0.29) is 46.7 Å². The van der Waals surface area contributed by atoms with Crippen LogP contribution in [0.1, 0.15) is 5.56 Å². The van der Waals surface area contributed by atoms with E-state index in [1.807, 2.05) is 30.3 Å². The van der Waals surface area contributed by atoms with Crippen LogP contribution in [0.25, 0.3) is 0 Å². The first-order valence-electron chi connectivity index (χ1n) is 2.92. The summed E-state index contributed by atoms with van der Waals surface area (Å²) >= 11 is 0. The van der Waals surface area contributed by atoms with E-state index in [1.54, 1.807) is 6.42 Å². The number of hydrogen-bond acceptors (Lipinski definition) is 1. The van der Waals surface area contributed by atoms with Crippen LogP contribution in [0.5, 0.6) is 0 Å². The number of aliphatic hydroxyl groups is 1. The Bertz CT molecular complexity index is 162. The Balaban J connectivity index is 0. The van der Waals surface area contributed by atoms with Crippen LogP contribution in [0, 0.1) is 13.8 Å². The van der Waals surface area contributed by atoms with E-state index in [0.717, 1.165) is 5.56 Å². The largest absolute Gasteiger partial charge is 0.405 e. The fourth-order valence-electron chi connectivity index (χ4n) is 0.695. The predicted octanol–water partition coefficient (Wildman–Crippen LogP) is 1.68. The Labute approximate surface area is 93.7 Å². The average molecular weight is 225 g/mol. The van der Waals surface area contributed by atoms with Crippen molar-refractivity contribution in [2.75, 3.05) is 6.61 Å². The summed E-state index contributed by atoms with van der Waals surface area (Å²) in [5.41, 5.74) is 1.07. The topological polar surface area (TPSA) is 20.2 Å². The molecule has 0 saturated heterocycles. The third-order valence-electron chi connectivity index (χ3n) is 1.13. The minimum atomic E-state index is 0. The summed E-state index contributed by atoms with van der Waals surface area (Å²) in [6, 6.07) is 9.75. The molecule has 0 aliphatic rings. The summed E-state index contributed by atoms with van der Waals surface area (Å²) in [5.74, 6) is 0. The summed E-state index contributed by atoms with van der Waals surface area (Å²) < 4.78 is 0. The van der Waals surface area contributed by atoms with Crippen molar-refractivity contribution in [2.24, 2.45) is 0 Å². The van der Waals surface area contributed by atoms with Gasteiger partial charge in [-0.3, -0.25) is 0 Å². The maximum Gasteiger partial charge on any atom is 0.0180 e. The van der Waals surface area contributed by atoms with Crippen molar-refractivity contribution in [3.05, 3.63) is 49.7 Å². The summed E-state index contributed by atoms with van der Waals surface area (Å²) in [6.07, 6.45) is 1.76. The molecule has 0 amide bonds. The number of rotatable bonds is 2. The smallest absolute Gasteiger partial charge is 0.0180 e. The van der Waals surface area contributed by atoms with Gasteiger partial charge in [-0.15, -0.1) is 12.1 Å². The molecule has 0 atom stereocenters. The molecule has 1 N–H and O–H groups in total. The van der Waals surface area contributed by atoms with E-state index < -0.39 is 0 Å². The van der Waals surface area contributed by atoms with E-state index in [4.69, 9.17) is 5.11 Å². The minimum Gasteiger partial charge on any atom is -0.405 e. The van der Waals surface area contributed by atoms with Gasteiger partial charge in [0.1, 0.15) is 0 Å². The zero-order chi connectivity index (χ0) is 6.53. The van der Waals surface area contributed by atoms with Crippen molar-refractivity contribution in [3.63, 3.8) is 0 Å². The van der Waals surface area contributed by atoms with Crippen molar-refractivity contribution >= 4 is 0 Å². The second-order valence-corrected chi connectivity index (χ2v) is 1.80. The minimum absolute atomic E-state index is 0. The Morgan fingerprint density at radius 3 is 2.18 bits per heavy atom. The van der Waals surface area contributed by atoms with Gasteiger partial charge in [0, 0.05) is 39.3 Å². The SMILES string of the molecule is OC[CH-]c1ccccc1.[CH3-].[Y]. The average Bonchev–Trinajstić information content (AvgIpc) is 1.91. The quantitative estimate of drug-likeness (QED) is 0.759. The van der Waals surface area contributed by atoms with Gasteiger partial charge in [0.2, 0.25) is 0 Å². The number of hydrogen-bond donors (Lipinski definition) is 1. The molecule has 0 aliphatic heterocycles. The van der Waals surface area contributed by atoms with Crippen molar-refractivity contribution < 1.29 is 37.8 Å². The molecule has 2 heteroatoms. The van der Waals surface area contributed by atoms with Crippen LogP contribution in [-0.4, -0.2) is 11.7 Å². The van der Waals surface area contributed by atoms with Gasteiger partial charge in [-0.25, -0.2) is 0 Å². The fraction of sp³-hybridized carbons (Fsp3) is 0.111. The molecule has 1 rings (SSSR count). The van der Waals surface area contributed by atoms with Crippen molar-refractivity contribution in [2.45, 2.75) is 0 Å². The van der Waals surface area contributed by atoms with Crippen LogP contribution in [0.4, 0.5) is 0 Å². The van der Waals surface area contributed by atoms with Gasteiger partial charge in [0.05, 0.1) is 0 Å². The second kappa shape index (κ2) is 8.25. The van der Waals surface area contributed by atoms with Crippen LogP contribution in [0.2, 0.25) is 0 Å². The number of aliphatic hydroxyl groups excluding tert-OH is 1. The molecule has 1 nitrogen and oxygen atoms in total. The summed E-state index contributed by atoms with van der Waals surface area (Å²) in [5, 5.41) is 8.46. The third-order valence-corrected chi connectivity index (χ3v) is 1.13. The molecule has 0 heterocycles. The number of benzene rings is 1. The van der Waals surface area contributed by atoms with Gasteiger partial charge >= 0.3 is 0 Å². The van der Waals surface area contributed by atoms with Crippen LogP contribution in [0.3, 0.4) is 0 Å². The van der Waals surface area contributed by atoms with Gasteiger partial charge in [-0.2, -0.15) is 24.1 Å². The standard InChI is InChI=1S/C8H9O.CH3.Y/c9-7-6-8-4-2-1-3-5-8;;/h1-6,9H,7H2;1H3;/q2*-1;. The molecule has 1 aromatic carbocycles. The molecule has 0 fully saturated rings. The van der Waals surface area contributed by atoms with E-state index in [0.29, 0.717) is 0 Å². The van der Waals surface area contributed by atoms with E-state index in [9.17, 15) is 0 Å². The van der Waals surface area contributed by atoms with E-state index >= 15 is 0 Å². The van der Waals surface area contributed by atoms with Gasteiger partial charge in [-0.1, -0.05) is 6.07 Å². The van der Waals surface area contributed by atoms with Gasteiger partial charge in [0.15, 0.2) is 0 Å². The first kappa shape index (κ1) is 13.7. The monoisotopic (exact) mass is 225 g/mol. The molecule has 0 spiro atoms. The van der Waals surface area contributed by atoms with Crippen LogP contribution in [0.15, 0.2) is 30.3 Å². The maximum atomic E-state index is 8.46. The molecule has 11 heavy (non-hydrogen) atoms. The van der Waals surface area contributed by atoms with E-state index in [2.05, 4.69) is 0 Å². The molecular weight excluding hydrogens is 213 g/mol. The summed E-state index contributed by atoms with van der Waals surface area (Å²) in [7, 11) is 0. The molecule has 1 radical (unpaired) electrons. The molecule has 0 saturated carbocycles. The molecule has 0 unspecified atom stereocenters. The predicted molar refractivity (Wildman–Crippen MR) is 43.3 cm³/mol. The summed E-state index contributed by atoms with van der Waals surface area (Å²) in [4.78, 5) is 0. The Hall–Kier alpha value is 0.154. The zero-order valence-corrected chi connectivity index (χ0v) is 9.53. The maximum absolute atomic E-state index is 8.46. The van der Waals surface area contributed by atoms with Crippen molar-refractivity contribution in [3.8, 4) is 0 Å². The Kier molecular flexibility index (Phi) is 10.3. The molecule has 1 aromatic rings. The van der Waals surface area contributed by atoms with E-state index in [1.165, 1.54) is 0 Å². The molecule has 0 aliphatic carbocycles. The summed E-state index contributed by atoms with van der Waals surface area (Å²) in [6.45, 7) is 0.115. The Morgan fingerprint density at radius 1 is 1.18 bits per heavy atom. The third kappa shape index (κ3) is 5.43. The molecule has 0 aromatic heterocycles. The van der Waals surface area contributed by atoms with Crippen LogP contribution < -0.4 is 0 Å². The first-order valence-corrected chi connectivity index (χ1v) is 2.92. The van der Waals surface area contributed by atoms with Gasteiger partial charge < -0.3 is 12.5 Å². The van der Waals surface area contributed by atoms with Gasteiger partial charge in [-0.05, 0) is 0 Å². The van der Waals surface area contributed by atoms with Crippen LogP contribution in [-0.2, 0) is 32.7 Å². The fourth-order valence-corrected chi connectivity index (χ4v) is 0.695. The Morgan fingerprint density at radius 2 is 1.73 bits per heavy atom. The van der Waals surface area contributed by atoms with Crippen molar-refractivity contribution in [1.82, 2.24) is 0 Å².